The number of hydrogen-bond acceptors (Lipinski definition) is 1. The lowest BCUT2D eigenvalue weighted by atomic mass is 10.6. The molecule has 0 fully saturated rings. The first-order chi connectivity index (χ1) is 2.80. The smallest absolute Gasteiger partial charge is 0.265 e. The van der Waals surface area contributed by atoms with Gasteiger partial charge in [-0.2, -0.15) is 4.74 Å². The average Bonchev–Trinajstić information content (AvgIpc) is 1.61. The molecule has 1 heterocycles. The molecule has 0 N–H and O–H groups in total. The fourth-order valence-electron chi connectivity index (χ4n) is 0.192. The SMILES string of the molecule is [O-][N+]1=C(Br)C=C1. The van der Waals surface area contributed by atoms with Gasteiger partial charge in [0.25, 0.3) is 4.62 Å². The van der Waals surface area contributed by atoms with Gasteiger partial charge in [0.05, 0.1) is 6.08 Å². The van der Waals surface area contributed by atoms with E-state index in [9.17, 15) is 5.21 Å². The van der Waals surface area contributed by atoms with Crippen LogP contribution in [-0.2, 0) is 0 Å². The highest BCUT2D eigenvalue weighted by Crippen LogP contribution is 2.00. The molecule has 0 amide bonds. The minimum atomic E-state index is 0.600. The molecule has 0 radical (unpaired) electrons. The number of hydrogen-bond donors (Lipinski definition) is 0. The van der Waals surface area contributed by atoms with Crippen molar-refractivity contribution >= 4 is 20.6 Å². The predicted molar refractivity (Wildman–Crippen MR) is 26.7 cm³/mol. The van der Waals surface area contributed by atoms with Crippen molar-refractivity contribution < 1.29 is 4.74 Å². The zero-order valence-electron chi connectivity index (χ0n) is 2.89. The fourth-order valence-corrected chi connectivity index (χ4v) is 0.428. The summed E-state index contributed by atoms with van der Waals surface area (Å²) in [7, 11) is 0. The van der Waals surface area contributed by atoms with Gasteiger partial charge in [-0.25, -0.2) is 0 Å². The van der Waals surface area contributed by atoms with E-state index in [2.05, 4.69) is 15.9 Å². The Balaban J connectivity index is 2.71. The molecule has 0 spiro atoms. The van der Waals surface area contributed by atoms with Gasteiger partial charge in [-0.1, -0.05) is 0 Å². The number of rotatable bonds is 0. The third kappa shape index (κ3) is 0.354. The van der Waals surface area contributed by atoms with E-state index in [1.807, 2.05) is 0 Å². The molecule has 0 aromatic carbocycles. The zero-order valence-corrected chi connectivity index (χ0v) is 4.47. The van der Waals surface area contributed by atoms with Crippen molar-refractivity contribution in [2.24, 2.45) is 0 Å². The molecule has 1 rings (SSSR count). The van der Waals surface area contributed by atoms with Gasteiger partial charge in [0.1, 0.15) is 0 Å². The monoisotopic (exact) mass is 147 g/mol. The lowest BCUT2D eigenvalue weighted by Gasteiger charge is -2.01. The van der Waals surface area contributed by atoms with Crippen LogP contribution in [0.5, 0.6) is 0 Å². The largest absolute Gasteiger partial charge is 0.618 e. The summed E-state index contributed by atoms with van der Waals surface area (Å²) in [6, 6.07) is 0. The second-order valence-electron chi connectivity index (χ2n) is 0.964. The molecular formula is C3H2BrNO. The van der Waals surface area contributed by atoms with Crippen LogP contribution in [0.3, 0.4) is 0 Å². The van der Waals surface area contributed by atoms with Crippen LogP contribution in [0.15, 0.2) is 12.3 Å². The molecule has 0 bridgehead atoms. The molecule has 0 saturated carbocycles. The Morgan fingerprint density at radius 3 is 2.33 bits per heavy atom. The first kappa shape index (κ1) is 3.87. The van der Waals surface area contributed by atoms with Crippen molar-refractivity contribution in [1.29, 1.82) is 0 Å². The van der Waals surface area contributed by atoms with E-state index in [0.29, 0.717) is 4.62 Å². The van der Waals surface area contributed by atoms with Crippen LogP contribution in [0.2, 0.25) is 0 Å². The van der Waals surface area contributed by atoms with Crippen molar-refractivity contribution in [1.82, 2.24) is 0 Å². The second-order valence-corrected chi connectivity index (χ2v) is 1.78. The van der Waals surface area contributed by atoms with E-state index in [0.717, 1.165) is 4.74 Å². The Kier molecular flexibility index (Phi) is 0.696. The van der Waals surface area contributed by atoms with Crippen LogP contribution >= 0.6 is 15.9 Å². The van der Waals surface area contributed by atoms with Gasteiger partial charge in [-0.3, -0.25) is 0 Å². The van der Waals surface area contributed by atoms with Crippen LogP contribution in [0.4, 0.5) is 0 Å². The van der Waals surface area contributed by atoms with Gasteiger partial charge in [0.15, 0.2) is 6.20 Å². The Morgan fingerprint density at radius 1 is 1.83 bits per heavy atom. The predicted octanol–water partition coefficient (Wildman–Crippen LogP) is 0.817. The van der Waals surface area contributed by atoms with Crippen LogP contribution in [-0.4, -0.2) is 9.36 Å². The van der Waals surface area contributed by atoms with E-state index in [-0.39, 0.29) is 0 Å². The fraction of sp³-hybridized carbons (Fsp3) is 0. The Bertz CT molecular complexity index is 113. The quantitative estimate of drug-likeness (QED) is 0.368. The van der Waals surface area contributed by atoms with Gasteiger partial charge >= 0.3 is 0 Å². The summed E-state index contributed by atoms with van der Waals surface area (Å²) in [4.78, 5) is 0. The normalized spacial score (nSPS) is 18.2. The molecule has 0 aliphatic carbocycles. The molecule has 2 nitrogen and oxygen atoms in total. The lowest BCUT2D eigenvalue weighted by Crippen LogP contribution is -2.08. The zero-order chi connectivity index (χ0) is 4.57. The molecule has 6 heavy (non-hydrogen) atoms. The highest BCUT2D eigenvalue weighted by Gasteiger charge is 2.06. The minimum absolute atomic E-state index is 0.600. The summed E-state index contributed by atoms with van der Waals surface area (Å²) < 4.78 is 1.35. The van der Waals surface area contributed by atoms with Crippen LogP contribution in [0, 0.1) is 5.21 Å². The lowest BCUT2D eigenvalue weighted by molar-refractivity contribution is -0.385. The third-order valence-electron chi connectivity index (χ3n) is 0.558. The maximum absolute atomic E-state index is 9.98. The minimum Gasteiger partial charge on any atom is -0.618 e. The molecule has 0 aromatic rings. The molecule has 32 valence electrons. The Labute approximate surface area is 43.5 Å². The first-order valence-electron chi connectivity index (χ1n) is 1.48. The highest BCUT2D eigenvalue weighted by molar-refractivity contribution is 9.18. The van der Waals surface area contributed by atoms with E-state index in [1.165, 1.54) is 6.20 Å². The summed E-state index contributed by atoms with van der Waals surface area (Å²) in [6.07, 6.45) is 3.12. The Morgan fingerprint density at radius 2 is 2.33 bits per heavy atom. The number of nitrogens with zero attached hydrogens (tertiary/aromatic N) is 1. The van der Waals surface area contributed by atoms with Crippen LogP contribution in [0.1, 0.15) is 0 Å². The molecular weight excluding hydrogens is 146 g/mol. The summed E-state index contributed by atoms with van der Waals surface area (Å²) in [5.41, 5.74) is 0. The van der Waals surface area contributed by atoms with Crippen LogP contribution < -0.4 is 0 Å². The van der Waals surface area contributed by atoms with Gasteiger partial charge < -0.3 is 5.21 Å². The average molecular weight is 148 g/mol. The standard InChI is InChI=1S/C3H2BrNO/c4-3-1-2-5(3)6/h1-2H. The van der Waals surface area contributed by atoms with E-state index < -0.39 is 0 Å². The van der Waals surface area contributed by atoms with Crippen molar-refractivity contribution in [3.63, 3.8) is 0 Å². The van der Waals surface area contributed by atoms with Crippen LogP contribution in [0.25, 0.3) is 0 Å². The van der Waals surface area contributed by atoms with Crippen molar-refractivity contribution in [2.75, 3.05) is 0 Å². The second kappa shape index (κ2) is 1.08. The molecule has 1 aliphatic rings. The van der Waals surface area contributed by atoms with Crippen molar-refractivity contribution in [3.8, 4) is 0 Å². The maximum atomic E-state index is 9.98. The van der Waals surface area contributed by atoms with Crippen molar-refractivity contribution in [3.05, 3.63) is 17.5 Å². The van der Waals surface area contributed by atoms with Gasteiger partial charge in [-0.05, 0) is 0 Å². The number of halogens is 1. The molecule has 0 unspecified atom stereocenters. The number of allylic oxidation sites excluding steroid dienone is 1. The van der Waals surface area contributed by atoms with E-state index >= 15 is 0 Å². The molecule has 0 atom stereocenters. The third-order valence-corrected chi connectivity index (χ3v) is 1.17. The van der Waals surface area contributed by atoms with E-state index in [1.54, 1.807) is 6.08 Å². The maximum Gasteiger partial charge on any atom is 0.265 e. The summed E-state index contributed by atoms with van der Waals surface area (Å²) in [5.74, 6) is 0. The molecule has 0 aromatic heterocycles. The summed E-state index contributed by atoms with van der Waals surface area (Å²) >= 11 is 2.97. The molecule has 3 heteroatoms. The highest BCUT2D eigenvalue weighted by atomic mass is 79.9. The Hall–Kier alpha value is -0.310. The van der Waals surface area contributed by atoms with Gasteiger partial charge in [0, 0.05) is 15.9 Å². The summed E-state index contributed by atoms with van der Waals surface area (Å²) in [5, 5.41) is 9.98. The van der Waals surface area contributed by atoms with Crippen molar-refractivity contribution in [2.45, 2.75) is 0 Å². The van der Waals surface area contributed by atoms with E-state index in [4.69, 9.17) is 0 Å². The summed E-state index contributed by atoms with van der Waals surface area (Å²) in [6.45, 7) is 0. The van der Waals surface area contributed by atoms with Gasteiger partial charge in [-0.15, -0.1) is 0 Å². The van der Waals surface area contributed by atoms with Gasteiger partial charge in [0.2, 0.25) is 0 Å². The molecule has 0 saturated heterocycles. The molecule has 1 aliphatic heterocycles. The first-order valence-corrected chi connectivity index (χ1v) is 2.27. The topological polar surface area (TPSA) is 26.1 Å². The number of hydroxylamine groups is 1.